The Morgan fingerprint density at radius 2 is 2.00 bits per heavy atom. The van der Waals surface area contributed by atoms with Crippen molar-refractivity contribution < 1.29 is 14.3 Å². The monoisotopic (exact) mass is 374 g/mol. The molecular formula is C18H18N2O3S2. The summed E-state index contributed by atoms with van der Waals surface area (Å²) in [5.41, 5.74) is 1.98. The second kappa shape index (κ2) is 7.67. The van der Waals surface area contributed by atoms with Crippen LogP contribution in [-0.4, -0.2) is 25.1 Å². The molecule has 1 N–H and O–H groups in total. The molecule has 0 aliphatic rings. The van der Waals surface area contributed by atoms with Crippen molar-refractivity contribution in [3.63, 3.8) is 0 Å². The number of hydrogen-bond acceptors (Lipinski definition) is 6. The summed E-state index contributed by atoms with van der Waals surface area (Å²) in [6.07, 6.45) is 1.62. The molecule has 25 heavy (non-hydrogen) atoms. The lowest BCUT2D eigenvalue weighted by Crippen LogP contribution is -2.25. The summed E-state index contributed by atoms with van der Waals surface area (Å²) in [5.74, 6) is 1.16. The van der Waals surface area contributed by atoms with Crippen molar-refractivity contribution in [2.45, 2.75) is 13.0 Å². The van der Waals surface area contributed by atoms with Gasteiger partial charge in [-0.05, 0) is 36.1 Å². The van der Waals surface area contributed by atoms with Crippen molar-refractivity contribution in [2.75, 3.05) is 14.2 Å². The van der Waals surface area contributed by atoms with Gasteiger partial charge in [0, 0.05) is 10.9 Å². The maximum atomic E-state index is 12.5. The molecule has 2 heterocycles. The van der Waals surface area contributed by atoms with Crippen LogP contribution in [0.1, 0.15) is 28.2 Å². The highest BCUT2D eigenvalue weighted by molar-refractivity contribution is 7.17. The minimum atomic E-state index is -0.168. The summed E-state index contributed by atoms with van der Waals surface area (Å²) >= 11 is 3.00. The van der Waals surface area contributed by atoms with Crippen molar-refractivity contribution in [2.24, 2.45) is 0 Å². The van der Waals surface area contributed by atoms with Gasteiger partial charge in [-0.3, -0.25) is 4.79 Å². The van der Waals surface area contributed by atoms with E-state index in [1.807, 2.05) is 41.9 Å². The topological polar surface area (TPSA) is 60.5 Å². The first-order valence-corrected chi connectivity index (χ1v) is 9.39. The third-order valence-corrected chi connectivity index (χ3v) is 5.48. The van der Waals surface area contributed by atoms with Crippen LogP contribution in [0.15, 0.2) is 41.2 Å². The number of ether oxygens (including phenoxy) is 2. The Kier molecular flexibility index (Phi) is 5.35. The Bertz CT molecular complexity index is 859. The minimum absolute atomic E-state index is 0.138. The van der Waals surface area contributed by atoms with Crippen LogP contribution in [0.25, 0.3) is 10.6 Å². The molecule has 130 valence electrons. The van der Waals surface area contributed by atoms with Crippen LogP contribution < -0.4 is 14.8 Å². The molecule has 1 amide bonds. The van der Waals surface area contributed by atoms with Crippen LogP contribution in [0.5, 0.6) is 11.5 Å². The number of carbonyl (C=O) groups is 1. The molecule has 0 saturated heterocycles. The lowest BCUT2D eigenvalue weighted by atomic mass is 10.1. The number of thiazole rings is 1. The number of aromatic nitrogens is 1. The van der Waals surface area contributed by atoms with Gasteiger partial charge in [-0.2, -0.15) is 11.3 Å². The summed E-state index contributed by atoms with van der Waals surface area (Å²) in [4.78, 5) is 17.4. The lowest BCUT2D eigenvalue weighted by Gasteiger charge is -2.16. The maximum Gasteiger partial charge on any atom is 0.263 e. The summed E-state index contributed by atoms with van der Waals surface area (Å²) in [6.45, 7) is 1.93. The molecule has 1 atom stereocenters. The van der Waals surface area contributed by atoms with E-state index < -0.39 is 0 Å². The molecule has 0 fully saturated rings. The Morgan fingerprint density at radius 3 is 2.68 bits per heavy atom. The molecule has 0 bridgehead atoms. The highest BCUT2D eigenvalue weighted by Gasteiger charge is 2.16. The van der Waals surface area contributed by atoms with Crippen molar-refractivity contribution in [3.05, 3.63) is 51.7 Å². The van der Waals surface area contributed by atoms with Gasteiger partial charge in [0.2, 0.25) is 0 Å². The Hall–Kier alpha value is -2.38. The zero-order valence-electron chi connectivity index (χ0n) is 14.1. The molecular weight excluding hydrogens is 356 g/mol. The van der Waals surface area contributed by atoms with Crippen molar-refractivity contribution >= 4 is 28.6 Å². The van der Waals surface area contributed by atoms with Crippen molar-refractivity contribution in [1.82, 2.24) is 10.3 Å². The molecule has 3 rings (SSSR count). The van der Waals surface area contributed by atoms with Crippen LogP contribution in [0.3, 0.4) is 0 Å². The third-order valence-electron chi connectivity index (χ3n) is 3.75. The number of carbonyl (C=O) groups excluding carboxylic acids is 1. The van der Waals surface area contributed by atoms with Gasteiger partial charge in [-0.15, -0.1) is 11.3 Å². The summed E-state index contributed by atoms with van der Waals surface area (Å²) in [5, 5.41) is 7.87. The van der Waals surface area contributed by atoms with E-state index in [1.165, 1.54) is 11.3 Å². The Labute approximate surface area is 154 Å². The number of nitrogens with zero attached hydrogens (tertiary/aromatic N) is 1. The van der Waals surface area contributed by atoms with E-state index in [4.69, 9.17) is 9.47 Å². The summed E-state index contributed by atoms with van der Waals surface area (Å²) in [6, 6.07) is 7.44. The van der Waals surface area contributed by atoms with E-state index in [1.54, 1.807) is 31.8 Å². The highest BCUT2D eigenvalue weighted by Crippen LogP contribution is 2.30. The SMILES string of the molecule is COc1ccc([C@@H](C)NC(=O)c2cnc(-c3ccsc3)s2)cc1OC. The number of thiophene rings is 1. The molecule has 5 nitrogen and oxygen atoms in total. The highest BCUT2D eigenvalue weighted by atomic mass is 32.1. The molecule has 7 heteroatoms. The minimum Gasteiger partial charge on any atom is -0.493 e. The predicted molar refractivity (Wildman–Crippen MR) is 101 cm³/mol. The number of rotatable bonds is 6. The average Bonchev–Trinajstić information content (AvgIpc) is 3.32. The number of nitrogens with one attached hydrogen (secondary N) is 1. The zero-order valence-corrected chi connectivity index (χ0v) is 15.7. The van der Waals surface area contributed by atoms with E-state index >= 15 is 0 Å². The van der Waals surface area contributed by atoms with Crippen LogP contribution in [0, 0.1) is 0 Å². The van der Waals surface area contributed by atoms with Crippen molar-refractivity contribution in [1.29, 1.82) is 0 Å². The first-order valence-electron chi connectivity index (χ1n) is 7.63. The molecule has 2 aromatic heterocycles. The van der Waals surface area contributed by atoms with Crippen LogP contribution >= 0.6 is 22.7 Å². The Balaban J connectivity index is 1.72. The molecule has 0 aliphatic heterocycles. The summed E-state index contributed by atoms with van der Waals surface area (Å²) in [7, 11) is 3.19. The third kappa shape index (κ3) is 3.83. The van der Waals surface area contributed by atoms with Gasteiger partial charge < -0.3 is 14.8 Å². The van der Waals surface area contributed by atoms with Crippen molar-refractivity contribution in [3.8, 4) is 22.1 Å². The largest absolute Gasteiger partial charge is 0.493 e. The fourth-order valence-corrected chi connectivity index (χ4v) is 3.90. The van der Waals surface area contributed by atoms with Gasteiger partial charge in [-0.1, -0.05) is 6.07 Å². The van der Waals surface area contributed by atoms with E-state index in [0.717, 1.165) is 16.1 Å². The predicted octanol–water partition coefficient (Wildman–Crippen LogP) is 4.38. The number of hydrogen-bond donors (Lipinski definition) is 1. The molecule has 0 aliphatic carbocycles. The van der Waals surface area contributed by atoms with E-state index in [0.29, 0.717) is 16.4 Å². The van der Waals surface area contributed by atoms with Gasteiger partial charge in [0.15, 0.2) is 11.5 Å². The van der Waals surface area contributed by atoms with Gasteiger partial charge in [0.25, 0.3) is 5.91 Å². The fourth-order valence-electron chi connectivity index (χ4n) is 2.37. The average molecular weight is 374 g/mol. The zero-order chi connectivity index (χ0) is 17.8. The number of amides is 1. The molecule has 1 aromatic carbocycles. The first kappa shape index (κ1) is 17.4. The first-order chi connectivity index (χ1) is 12.1. The van der Waals surface area contributed by atoms with Gasteiger partial charge in [-0.25, -0.2) is 4.98 Å². The van der Waals surface area contributed by atoms with E-state index in [2.05, 4.69) is 10.3 Å². The van der Waals surface area contributed by atoms with Gasteiger partial charge >= 0.3 is 0 Å². The van der Waals surface area contributed by atoms with E-state index in [9.17, 15) is 4.79 Å². The molecule has 0 spiro atoms. The summed E-state index contributed by atoms with van der Waals surface area (Å²) < 4.78 is 10.6. The van der Waals surface area contributed by atoms with Crippen LogP contribution in [0.2, 0.25) is 0 Å². The quantitative estimate of drug-likeness (QED) is 0.696. The maximum absolute atomic E-state index is 12.5. The van der Waals surface area contributed by atoms with E-state index in [-0.39, 0.29) is 11.9 Å². The molecule has 0 radical (unpaired) electrons. The smallest absolute Gasteiger partial charge is 0.263 e. The second-order valence-electron chi connectivity index (χ2n) is 5.35. The molecule has 0 unspecified atom stereocenters. The molecule has 0 saturated carbocycles. The van der Waals surface area contributed by atoms with Crippen LogP contribution in [0.4, 0.5) is 0 Å². The molecule has 3 aromatic rings. The lowest BCUT2D eigenvalue weighted by molar-refractivity contribution is 0.0943. The second-order valence-corrected chi connectivity index (χ2v) is 7.16. The van der Waals surface area contributed by atoms with Gasteiger partial charge in [0.05, 0.1) is 26.5 Å². The number of benzene rings is 1. The standard InChI is InChI=1S/C18H18N2O3S2/c1-11(12-4-5-14(22-2)15(8-12)23-3)20-17(21)16-9-19-18(25-16)13-6-7-24-10-13/h4-11H,1-3H3,(H,20,21)/t11-/m1/s1. The normalized spacial score (nSPS) is 11.8. The Morgan fingerprint density at radius 1 is 1.20 bits per heavy atom. The van der Waals surface area contributed by atoms with Crippen LogP contribution in [-0.2, 0) is 0 Å². The number of methoxy groups -OCH3 is 2. The van der Waals surface area contributed by atoms with Gasteiger partial charge in [0.1, 0.15) is 9.88 Å². The fraction of sp³-hybridized carbons (Fsp3) is 0.222.